The van der Waals surface area contributed by atoms with Crippen LogP contribution in [-0.2, 0) is 0 Å². The van der Waals surface area contributed by atoms with Gasteiger partial charge in [0, 0.05) is 0 Å². The van der Waals surface area contributed by atoms with E-state index in [-0.39, 0.29) is 6.04 Å². The molecule has 1 nitrogen and oxygen atoms in total. The van der Waals surface area contributed by atoms with Gasteiger partial charge >= 0.3 is 0 Å². The summed E-state index contributed by atoms with van der Waals surface area (Å²) >= 11 is 1.90. The van der Waals surface area contributed by atoms with Crippen molar-refractivity contribution in [1.82, 2.24) is 5.32 Å². The second-order valence-corrected chi connectivity index (χ2v) is 3.53. The van der Waals surface area contributed by atoms with Crippen molar-refractivity contribution in [3.05, 3.63) is 0 Å². The van der Waals surface area contributed by atoms with Crippen molar-refractivity contribution in [3.8, 4) is 12.3 Å². The molecule has 1 N–H and O–H groups in total. The van der Waals surface area contributed by atoms with Crippen LogP contribution < -0.4 is 5.32 Å². The third-order valence-electron chi connectivity index (χ3n) is 1.48. The Morgan fingerprint density at radius 1 is 1.55 bits per heavy atom. The lowest BCUT2D eigenvalue weighted by molar-refractivity contribution is 0.613. The van der Waals surface area contributed by atoms with Crippen molar-refractivity contribution in [2.75, 3.05) is 18.6 Å². The van der Waals surface area contributed by atoms with E-state index in [1.165, 1.54) is 18.6 Å². The van der Waals surface area contributed by atoms with Crippen LogP contribution in [0.25, 0.3) is 0 Å². The van der Waals surface area contributed by atoms with E-state index in [1.54, 1.807) is 0 Å². The molecule has 1 unspecified atom stereocenters. The molecule has 0 aromatic heterocycles. The molecule has 0 amide bonds. The van der Waals surface area contributed by atoms with Crippen LogP contribution in [0.2, 0.25) is 0 Å². The van der Waals surface area contributed by atoms with E-state index in [1.807, 2.05) is 18.7 Å². The lowest BCUT2D eigenvalue weighted by atomic mass is 10.3. The Labute approximate surface area is 74.3 Å². The van der Waals surface area contributed by atoms with E-state index < -0.39 is 0 Å². The van der Waals surface area contributed by atoms with E-state index in [0.717, 1.165) is 6.54 Å². The van der Waals surface area contributed by atoms with Gasteiger partial charge in [0.05, 0.1) is 6.04 Å². The molecule has 0 aromatic carbocycles. The van der Waals surface area contributed by atoms with Gasteiger partial charge in [0.2, 0.25) is 0 Å². The zero-order valence-corrected chi connectivity index (χ0v) is 8.21. The maximum absolute atomic E-state index is 5.20. The van der Waals surface area contributed by atoms with Gasteiger partial charge in [0.1, 0.15) is 0 Å². The maximum atomic E-state index is 5.20. The molecule has 11 heavy (non-hydrogen) atoms. The van der Waals surface area contributed by atoms with Gasteiger partial charge < -0.3 is 5.32 Å². The Balaban J connectivity index is 2.97. The molecule has 0 rings (SSSR count). The molecular formula is C9H17NS. The largest absolute Gasteiger partial charge is 0.304 e. The zero-order valence-electron chi connectivity index (χ0n) is 7.39. The van der Waals surface area contributed by atoms with Crippen LogP contribution >= 0.6 is 11.8 Å². The van der Waals surface area contributed by atoms with Gasteiger partial charge in [0.15, 0.2) is 0 Å². The van der Waals surface area contributed by atoms with Gasteiger partial charge in [-0.3, -0.25) is 0 Å². The van der Waals surface area contributed by atoms with Crippen LogP contribution in [0.15, 0.2) is 0 Å². The number of thioether (sulfide) groups is 1. The summed E-state index contributed by atoms with van der Waals surface area (Å²) in [6.45, 7) is 3.06. The van der Waals surface area contributed by atoms with Crippen molar-refractivity contribution in [1.29, 1.82) is 0 Å². The lowest BCUT2D eigenvalue weighted by Gasteiger charge is -2.05. The Morgan fingerprint density at radius 2 is 2.27 bits per heavy atom. The van der Waals surface area contributed by atoms with Crippen LogP contribution in [0.5, 0.6) is 0 Å². The first kappa shape index (κ1) is 10.9. The molecule has 2 heteroatoms. The quantitative estimate of drug-likeness (QED) is 0.482. The molecule has 0 aliphatic rings. The highest BCUT2D eigenvalue weighted by Gasteiger charge is 1.93. The Morgan fingerprint density at radius 3 is 2.82 bits per heavy atom. The normalized spacial score (nSPS) is 12.5. The molecule has 0 aromatic rings. The molecule has 0 heterocycles. The van der Waals surface area contributed by atoms with Crippen molar-refractivity contribution in [2.24, 2.45) is 0 Å². The summed E-state index contributed by atoms with van der Waals surface area (Å²) in [5.74, 6) is 3.90. The van der Waals surface area contributed by atoms with Crippen LogP contribution in [0.4, 0.5) is 0 Å². The van der Waals surface area contributed by atoms with Crippen molar-refractivity contribution < 1.29 is 0 Å². The minimum absolute atomic E-state index is 0.226. The van der Waals surface area contributed by atoms with Crippen molar-refractivity contribution >= 4 is 11.8 Å². The fourth-order valence-electron chi connectivity index (χ4n) is 0.749. The smallest absolute Gasteiger partial charge is 0.0658 e. The van der Waals surface area contributed by atoms with Crippen LogP contribution in [0, 0.1) is 12.3 Å². The molecule has 0 saturated carbocycles. The molecule has 0 bridgehead atoms. The molecule has 64 valence electrons. The number of hydrogen-bond donors (Lipinski definition) is 1. The third kappa shape index (κ3) is 7.77. The highest BCUT2D eigenvalue weighted by atomic mass is 32.2. The summed E-state index contributed by atoms with van der Waals surface area (Å²) in [7, 11) is 0. The van der Waals surface area contributed by atoms with Crippen LogP contribution in [0.3, 0.4) is 0 Å². The molecule has 0 spiro atoms. The van der Waals surface area contributed by atoms with E-state index in [2.05, 4.69) is 17.5 Å². The first-order valence-electron chi connectivity index (χ1n) is 3.99. The highest BCUT2D eigenvalue weighted by molar-refractivity contribution is 7.98. The second kappa shape index (κ2) is 7.97. The van der Waals surface area contributed by atoms with Gasteiger partial charge in [0.25, 0.3) is 0 Å². The summed E-state index contributed by atoms with van der Waals surface area (Å²) in [6, 6.07) is 0.226. The van der Waals surface area contributed by atoms with Crippen LogP contribution in [0.1, 0.15) is 19.8 Å². The Bertz CT molecular complexity index is 117. The van der Waals surface area contributed by atoms with Gasteiger partial charge in [-0.25, -0.2) is 0 Å². The predicted octanol–water partition coefficient (Wildman–Crippen LogP) is 1.74. The van der Waals surface area contributed by atoms with E-state index >= 15 is 0 Å². The topological polar surface area (TPSA) is 12.0 Å². The van der Waals surface area contributed by atoms with Gasteiger partial charge in [-0.2, -0.15) is 11.8 Å². The van der Waals surface area contributed by atoms with Gasteiger partial charge in [-0.15, -0.1) is 6.42 Å². The number of nitrogens with one attached hydrogen (secondary N) is 1. The molecule has 0 saturated heterocycles. The molecule has 1 atom stereocenters. The second-order valence-electron chi connectivity index (χ2n) is 2.54. The zero-order chi connectivity index (χ0) is 8.53. The average molecular weight is 171 g/mol. The van der Waals surface area contributed by atoms with Crippen LogP contribution in [-0.4, -0.2) is 24.6 Å². The SMILES string of the molecule is C#CC(C)NCCCCSC. The summed E-state index contributed by atoms with van der Waals surface area (Å²) in [4.78, 5) is 0. The molecular weight excluding hydrogens is 154 g/mol. The lowest BCUT2D eigenvalue weighted by Crippen LogP contribution is -2.25. The van der Waals surface area contributed by atoms with Crippen molar-refractivity contribution in [2.45, 2.75) is 25.8 Å². The predicted molar refractivity (Wildman–Crippen MR) is 53.9 cm³/mol. The summed E-state index contributed by atoms with van der Waals surface area (Å²) in [5, 5.41) is 3.25. The van der Waals surface area contributed by atoms with E-state index in [4.69, 9.17) is 6.42 Å². The number of terminal acetylenes is 1. The number of rotatable bonds is 6. The third-order valence-corrected chi connectivity index (χ3v) is 2.17. The number of hydrogen-bond acceptors (Lipinski definition) is 2. The summed E-state index contributed by atoms with van der Waals surface area (Å²) in [5.41, 5.74) is 0. The molecule has 0 radical (unpaired) electrons. The maximum Gasteiger partial charge on any atom is 0.0658 e. The fraction of sp³-hybridized carbons (Fsp3) is 0.778. The first-order chi connectivity index (χ1) is 5.31. The van der Waals surface area contributed by atoms with Gasteiger partial charge in [-0.05, 0) is 38.3 Å². The summed E-state index contributed by atoms with van der Waals surface area (Å²) < 4.78 is 0. The Kier molecular flexibility index (Phi) is 7.88. The highest BCUT2D eigenvalue weighted by Crippen LogP contribution is 1.97. The van der Waals surface area contributed by atoms with E-state index in [0.29, 0.717) is 0 Å². The minimum atomic E-state index is 0.226. The first-order valence-corrected chi connectivity index (χ1v) is 5.39. The standard InChI is InChI=1S/C9H17NS/c1-4-9(2)10-7-5-6-8-11-3/h1,9-10H,5-8H2,2-3H3. The van der Waals surface area contributed by atoms with E-state index in [9.17, 15) is 0 Å². The minimum Gasteiger partial charge on any atom is -0.304 e. The van der Waals surface area contributed by atoms with Crippen molar-refractivity contribution in [3.63, 3.8) is 0 Å². The fourth-order valence-corrected chi connectivity index (χ4v) is 1.24. The summed E-state index contributed by atoms with van der Waals surface area (Å²) in [6.07, 6.45) is 9.84. The van der Waals surface area contributed by atoms with Gasteiger partial charge in [-0.1, -0.05) is 5.92 Å². The monoisotopic (exact) mass is 171 g/mol. The molecule has 0 aliphatic heterocycles. The number of unbranched alkanes of at least 4 members (excludes halogenated alkanes) is 1. The Hall–Kier alpha value is -0.130. The average Bonchev–Trinajstić information content (AvgIpc) is 2.04. The molecule has 0 aliphatic carbocycles. The molecule has 0 fully saturated rings.